The minimum absolute atomic E-state index is 0.0852. The van der Waals surface area contributed by atoms with Gasteiger partial charge < -0.3 is 19.3 Å². The number of rotatable bonds is 6. The van der Waals surface area contributed by atoms with Crippen LogP contribution >= 0.6 is 0 Å². The van der Waals surface area contributed by atoms with E-state index in [0.29, 0.717) is 42.9 Å². The van der Waals surface area contributed by atoms with Gasteiger partial charge in [0, 0.05) is 42.6 Å². The molecule has 1 aliphatic rings. The number of halogens is 3. The van der Waals surface area contributed by atoms with Gasteiger partial charge in [0.15, 0.2) is 5.58 Å². The molecule has 0 saturated carbocycles. The third-order valence-electron chi connectivity index (χ3n) is 7.21. The lowest BCUT2D eigenvalue weighted by Gasteiger charge is -2.32. The summed E-state index contributed by atoms with van der Waals surface area (Å²) in [6.45, 7) is 4.29. The van der Waals surface area contributed by atoms with Crippen LogP contribution < -0.4 is 5.32 Å². The van der Waals surface area contributed by atoms with E-state index in [2.05, 4.69) is 10.5 Å². The number of para-hydroxylation sites is 1. The van der Waals surface area contributed by atoms with Crippen molar-refractivity contribution in [2.45, 2.75) is 51.2 Å². The first-order chi connectivity index (χ1) is 18.6. The molecule has 0 radical (unpaired) electrons. The fourth-order valence-electron chi connectivity index (χ4n) is 5.02. The van der Waals surface area contributed by atoms with Crippen LogP contribution in [0, 0.1) is 0 Å². The van der Waals surface area contributed by atoms with Gasteiger partial charge in [0.05, 0.1) is 17.5 Å². The van der Waals surface area contributed by atoms with Crippen molar-refractivity contribution in [2.75, 3.05) is 18.4 Å². The minimum Gasteiger partial charge on any atom is -0.356 e. The van der Waals surface area contributed by atoms with Crippen LogP contribution in [0.4, 0.5) is 18.9 Å². The molecule has 5 rings (SSSR count). The summed E-state index contributed by atoms with van der Waals surface area (Å²) in [6.07, 6.45) is -0.907. The molecule has 10 heteroatoms. The van der Waals surface area contributed by atoms with Crippen LogP contribution in [-0.4, -0.2) is 39.5 Å². The van der Waals surface area contributed by atoms with Crippen LogP contribution in [-0.2, 0) is 17.4 Å². The summed E-state index contributed by atoms with van der Waals surface area (Å²) in [5, 5.41) is 7.68. The van der Waals surface area contributed by atoms with Gasteiger partial charge in [-0.2, -0.15) is 13.2 Å². The van der Waals surface area contributed by atoms with E-state index < -0.39 is 17.6 Å². The van der Waals surface area contributed by atoms with Crippen molar-refractivity contribution in [3.8, 4) is 0 Å². The number of carbonyl (C=O) groups excluding carboxylic acids is 2. The van der Waals surface area contributed by atoms with Gasteiger partial charge in [-0.05, 0) is 62.4 Å². The van der Waals surface area contributed by atoms with Crippen LogP contribution in [0.2, 0.25) is 0 Å². The SMILES string of the molecule is CC(C)n1cc(C(=O)N2CCC(c3ccc(NC(=O)Cc4noc5ccccc45)cc3)CC2)c(C(F)(F)F)c1. The van der Waals surface area contributed by atoms with E-state index in [1.165, 1.54) is 15.7 Å². The molecule has 1 saturated heterocycles. The number of nitrogens with zero attached hydrogens (tertiary/aromatic N) is 3. The Kier molecular flexibility index (Phi) is 7.20. The number of anilines is 1. The zero-order valence-corrected chi connectivity index (χ0v) is 21.7. The van der Waals surface area contributed by atoms with Crippen molar-refractivity contribution in [3.05, 3.63) is 83.3 Å². The average Bonchev–Trinajstić information content (AvgIpc) is 3.54. The van der Waals surface area contributed by atoms with Gasteiger partial charge in [-0.3, -0.25) is 9.59 Å². The number of benzene rings is 2. The third-order valence-corrected chi connectivity index (χ3v) is 7.21. The van der Waals surface area contributed by atoms with Crippen LogP contribution in [0.15, 0.2) is 65.4 Å². The molecule has 0 atom stereocenters. The number of likely N-dealkylation sites (tertiary alicyclic amines) is 1. The topological polar surface area (TPSA) is 80.4 Å². The van der Waals surface area contributed by atoms with Crippen molar-refractivity contribution < 1.29 is 27.3 Å². The molecule has 0 bridgehead atoms. The standard InChI is InChI=1S/C29H29F3N4O3/c1-18(2)36-16-23(24(17-36)29(30,31)32)28(38)35-13-11-20(12-14-35)19-7-9-21(10-8-19)33-27(37)15-25-22-5-3-4-6-26(22)39-34-25/h3-10,16-18,20H,11-15H2,1-2H3,(H,33,37). The van der Waals surface area contributed by atoms with Crippen molar-refractivity contribution in [1.29, 1.82) is 0 Å². The molecule has 0 aliphatic carbocycles. The van der Waals surface area contributed by atoms with E-state index >= 15 is 0 Å². The number of hydrogen-bond acceptors (Lipinski definition) is 4. The van der Waals surface area contributed by atoms with Gasteiger partial charge in [-0.1, -0.05) is 29.4 Å². The Labute approximate surface area is 223 Å². The Morgan fingerprint density at radius 3 is 2.41 bits per heavy atom. The second-order valence-corrected chi connectivity index (χ2v) is 10.2. The highest BCUT2D eigenvalue weighted by Gasteiger charge is 2.38. The Morgan fingerprint density at radius 2 is 1.74 bits per heavy atom. The van der Waals surface area contributed by atoms with E-state index in [9.17, 15) is 22.8 Å². The maximum atomic E-state index is 13.6. The molecule has 0 unspecified atom stereocenters. The molecule has 39 heavy (non-hydrogen) atoms. The largest absolute Gasteiger partial charge is 0.418 e. The summed E-state index contributed by atoms with van der Waals surface area (Å²) in [6, 6.07) is 14.7. The predicted molar refractivity (Wildman–Crippen MR) is 140 cm³/mol. The first-order valence-corrected chi connectivity index (χ1v) is 12.9. The van der Waals surface area contributed by atoms with Crippen LogP contribution in [0.3, 0.4) is 0 Å². The number of nitrogens with one attached hydrogen (secondary N) is 1. The molecular formula is C29H29F3N4O3. The van der Waals surface area contributed by atoms with Gasteiger partial charge in [0.25, 0.3) is 5.91 Å². The highest BCUT2D eigenvalue weighted by molar-refractivity contribution is 5.96. The van der Waals surface area contributed by atoms with Crippen LogP contribution in [0.1, 0.15) is 65.8 Å². The molecule has 1 fully saturated rings. The lowest BCUT2D eigenvalue weighted by atomic mass is 9.89. The second kappa shape index (κ2) is 10.6. The molecule has 3 heterocycles. The Balaban J connectivity index is 1.18. The molecule has 2 aromatic heterocycles. The van der Waals surface area contributed by atoms with Gasteiger partial charge >= 0.3 is 6.18 Å². The van der Waals surface area contributed by atoms with E-state index in [1.54, 1.807) is 19.9 Å². The van der Waals surface area contributed by atoms with E-state index in [0.717, 1.165) is 17.1 Å². The number of alkyl halides is 3. The van der Waals surface area contributed by atoms with Crippen molar-refractivity contribution in [2.24, 2.45) is 0 Å². The highest BCUT2D eigenvalue weighted by atomic mass is 19.4. The maximum Gasteiger partial charge on any atom is 0.418 e. The second-order valence-electron chi connectivity index (χ2n) is 10.2. The number of piperidine rings is 1. The first-order valence-electron chi connectivity index (χ1n) is 12.9. The average molecular weight is 539 g/mol. The van der Waals surface area contributed by atoms with Gasteiger partial charge in [-0.15, -0.1) is 0 Å². The molecule has 2 aromatic carbocycles. The molecule has 4 aromatic rings. The number of hydrogen-bond donors (Lipinski definition) is 1. The highest BCUT2D eigenvalue weighted by Crippen LogP contribution is 2.35. The van der Waals surface area contributed by atoms with Crippen molar-refractivity contribution >= 4 is 28.5 Å². The fourth-order valence-corrected chi connectivity index (χ4v) is 5.02. The normalized spacial score (nSPS) is 14.8. The summed E-state index contributed by atoms with van der Waals surface area (Å²) >= 11 is 0. The van der Waals surface area contributed by atoms with Gasteiger partial charge in [-0.25, -0.2) is 0 Å². The first kappa shape index (κ1) is 26.5. The summed E-state index contributed by atoms with van der Waals surface area (Å²) in [5.74, 6) is -0.626. The summed E-state index contributed by atoms with van der Waals surface area (Å²) in [4.78, 5) is 27.1. The molecule has 204 valence electrons. The lowest BCUT2D eigenvalue weighted by molar-refractivity contribution is -0.138. The monoisotopic (exact) mass is 538 g/mol. The molecule has 1 N–H and O–H groups in total. The lowest BCUT2D eigenvalue weighted by Crippen LogP contribution is -2.38. The molecular weight excluding hydrogens is 509 g/mol. The molecule has 2 amide bonds. The van der Waals surface area contributed by atoms with Crippen LogP contribution in [0.25, 0.3) is 11.0 Å². The third kappa shape index (κ3) is 5.69. The summed E-state index contributed by atoms with van der Waals surface area (Å²) in [7, 11) is 0. The molecule has 7 nitrogen and oxygen atoms in total. The van der Waals surface area contributed by atoms with Gasteiger partial charge in [0.2, 0.25) is 5.91 Å². The zero-order chi connectivity index (χ0) is 27.7. The predicted octanol–water partition coefficient (Wildman–Crippen LogP) is 6.43. The Hall–Kier alpha value is -4.08. The summed E-state index contributed by atoms with van der Waals surface area (Å²) in [5.41, 5.74) is 1.73. The smallest absolute Gasteiger partial charge is 0.356 e. The van der Waals surface area contributed by atoms with E-state index in [1.807, 2.05) is 42.5 Å². The van der Waals surface area contributed by atoms with Crippen molar-refractivity contribution in [1.82, 2.24) is 14.6 Å². The number of amides is 2. The zero-order valence-electron chi connectivity index (χ0n) is 21.7. The van der Waals surface area contributed by atoms with Crippen molar-refractivity contribution in [3.63, 3.8) is 0 Å². The minimum atomic E-state index is -4.59. The Bertz CT molecular complexity index is 1480. The number of carbonyl (C=O) groups is 2. The fraction of sp³-hybridized carbons (Fsp3) is 0.345. The van der Waals surface area contributed by atoms with E-state index in [-0.39, 0.29) is 29.9 Å². The Morgan fingerprint density at radius 1 is 1.05 bits per heavy atom. The molecule has 1 aliphatic heterocycles. The molecule has 0 spiro atoms. The van der Waals surface area contributed by atoms with Gasteiger partial charge in [0.1, 0.15) is 5.69 Å². The maximum absolute atomic E-state index is 13.6. The quantitative estimate of drug-likeness (QED) is 0.307. The number of fused-ring (bicyclic) bond motifs is 1. The van der Waals surface area contributed by atoms with Crippen LogP contribution in [0.5, 0.6) is 0 Å². The van der Waals surface area contributed by atoms with E-state index in [4.69, 9.17) is 4.52 Å². The summed E-state index contributed by atoms with van der Waals surface area (Å²) < 4.78 is 47.4. The number of aromatic nitrogens is 2.